The van der Waals surface area contributed by atoms with E-state index in [1.165, 1.54) is 6.42 Å². The first kappa shape index (κ1) is 14.0. The molecule has 0 spiro atoms. The van der Waals surface area contributed by atoms with Crippen LogP contribution in [-0.2, 0) is 0 Å². The summed E-state index contributed by atoms with van der Waals surface area (Å²) in [7, 11) is 0. The van der Waals surface area contributed by atoms with Gasteiger partial charge in [0.2, 0.25) is 0 Å². The molecule has 1 aromatic rings. The van der Waals surface area contributed by atoms with Crippen molar-refractivity contribution < 1.29 is 0 Å². The lowest BCUT2D eigenvalue weighted by molar-refractivity contribution is 0.661. The molecule has 90 valence electrons. The number of rotatable bonds is 3. The molecule has 0 bridgehead atoms. The second-order valence-corrected chi connectivity index (χ2v) is 5.14. The van der Waals surface area contributed by atoms with Gasteiger partial charge in [0, 0.05) is 17.5 Å². The predicted molar refractivity (Wildman–Crippen MR) is 70.7 cm³/mol. The second kappa shape index (κ2) is 6.64. The average Bonchev–Trinajstić information content (AvgIpc) is 2.73. The SMILES string of the molecule is Cc1cnc(SCC2CCNC2)nc1Cl.Cl. The number of nitrogens with zero attached hydrogens (tertiary/aromatic N) is 2. The zero-order valence-electron chi connectivity index (χ0n) is 9.07. The van der Waals surface area contributed by atoms with Crippen molar-refractivity contribution in [1.29, 1.82) is 0 Å². The summed E-state index contributed by atoms with van der Waals surface area (Å²) in [6.45, 7) is 4.17. The van der Waals surface area contributed by atoms with Gasteiger partial charge < -0.3 is 5.32 Å². The molecule has 6 heteroatoms. The van der Waals surface area contributed by atoms with E-state index in [4.69, 9.17) is 11.6 Å². The third-order valence-electron chi connectivity index (χ3n) is 2.50. The van der Waals surface area contributed by atoms with Crippen molar-refractivity contribution in [2.45, 2.75) is 18.5 Å². The molecular weight excluding hydrogens is 265 g/mol. The van der Waals surface area contributed by atoms with Crippen molar-refractivity contribution in [3.8, 4) is 0 Å². The standard InChI is InChI=1S/C10H14ClN3S.ClH/c1-7-4-13-10(14-9(7)11)15-6-8-2-3-12-5-8;/h4,8,12H,2-3,5-6H2,1H3;1H. The van der Waals surface area contributed by atoms with Gasteiger partial charge in [-0.2, -0.15) is 0 Å². The molecule has 1 N–H and O–H groups in total. The molecule has 1 saturated heterocycles. The first-order valence-corrected chi connectivity index (χ1v) is 6.44. The summed E-state index contributed by atoms with van der Waals surface area (Å²) in [5.74, 6) is 1.82. The van der Waals surface area contributed by atoms with Gasteiger partial charge in [0.05, 0.1) is 0 Å². The first-order valence-electron chi connectivity index (χ1n) is 5.08. The number of aromatic nitrogens is 2. The Morgan fingerprint density at radius 1 is 1.62 bits per heavy atom. The second-order valence-electron chi connectivity index (χ2n) is 3.80. The molecule has 16 heavy (non-hydrogen) atoms. The Bertz CT molecular complexity index is 343. The van der Waals surface area contributed by atoms with Crippen molar-refractivity contribution in [3.63, 3.8) is 0 Å². The number of hydrogen-bond donors (Lipinski definition) is 1. The van der Waals surface area contributed by atoms with Crippen LogP contribution >= 0.6 is 35.8 Å². The Morgan fingerprint density at radius 2 is 2.44 bits per heavy atom. The van der Waals surface area contributed by atoms with Crippen LogP contribution in [0.15, 0.2) is 11.4 Å². The highest BCUT2D eigenvalue weighted by Gasteiger charge is 2.15. The highest BCUT2D eigenvalue weighted by atomic mass is 35.5. The minimum atomic E-state index is 0. The Kier molecular flexibility index (Phi) is 5.83. The summed E-state index contributed by atoms with van der Waals surface area (Å²) in [6.07, 6.45) is 3.04. The van der Waals surface area contributed by atoms with Crippen LogP contribution in [0.25, 0.3) is 0 Å². The monoisotopic (exact) mass is 279 g/mol. The van der Waals surface area contributed by atoms with Gasteiger partial charge in [-0.05, 0) is 32.4 Å². The summed E-state index contributed by atoms with van der Waals surface area (Å²) in [4.78, 5) is 8.48. The van der Waals surface area contributed by atoms with E-state index in [9.17, 15) is 0 Å². The van der Waals surface area contributed by atoms with Crippen LogP contribution in [0.1, 0.15) is 12.0 Å². The zero-order chi connectivity index (χ0) is 10.7. The molecular formula is C10H15Cl2N3S. The molecule has 0 amide bonds. The van der Waals surface area contributed by atoms with E-state index in [2.05, 4.69) is 15.3 Å². The number of nitrogens with one attached hydrogen (secondary N) is 1. The van der Waals surface area contributed by atoms with Gasteiger partial charge in [-0.25, -0.2) is 9.97 Å². The van der Waals surface area contributed by atoms with Gasteiger partial charge in [-0.3, -0.25) is 0 Å². The number of hydrogen-bond acceptors (Lipinski definition) is 4. The molecule has 1 aliphatic rings. The van der Waals surface area contributed by atoms with Crippen LogP contribution in [0.5, 0.6) is 0 Å². The lowest BCUT2D eigenvalue weighted by Crippen LogP contribution is -2.10. The molecule has 1 aromatic heterocycles. The highest BCUT2D eigenvalue weighted by molar-refractivity contribution is 7.99. The highest BCUT2D eigenvalue weighted by Crippen LogP contribution is 2.22. The minimum Gasteiger partial charge on any atom is -0.316 e. The molecule has 1 aliphatic heterocycles. The van der Waals surface area contributed by atoms with Gasteiger partial charge in [0.25, 0.3) is 0 Å². The maximum Gasteiger partial charge on any atom is 0.188 e. The smallest absolute Gasteiger partial charge is 0.188 e. The fourth-order valence-electron chi connectivity index (χ4n) is 1.52. The topological polar surface area (TPSA) is 37.8 Å². The molecule has 1 atom stereocenters. The van der Waals surface area contributed by atoms with E-state index in [0.29, 0.717) is 5.15 Å². The maximum atomic E-state index is 5.93. The predicted octanol–water partition coefficient (Wildman–Crippen LogP) is 2.56. The molecule has 3 nitrogen and oxygen atoms in total. The van der Waals surface area contributed by atoms with Crippen LogP contribution < -0.4 is 5.32 Å². The molecule has 1 fully saturated rings. The Balaban J connectivity index is 0.00000128. The van der Waals surface area contributed by atoms with Crippen LogP contribution in [0.2, 0.25) is 5.15 Å². The quantitative estimate of drug-likeness (QED) is 0.524. The van der Waals surface area contributed by atoms with Crippen LogP contribution in [0, 0.1) is 12.8 Å². The number of aryl methyl sites for hydroxylation is 1. The first-order chi connectivity index (χ1) is 7.25. The Labute approximate surface area is 111 Å². The largest absolute Gasteiger partial charge is 0.316 e. The molecule has 2 rings (SSSR count). The lowest BCUT2D eigenvalue weighted by Gasteiger charge is -2.06. The Hall–Kier alpha value is -0.0300. The van der Waals surface area contributed by atoms with Gasteiger partial charge >= 0.3 is 0 Å². The van der Waals surface area contributed by atoms with Crippen molar-refractivity contribution in [2.75, 3.05) is 18.8 Å². The molecule has 0 saturated carbocycles. The minimum absolute atomic E-state index is 0. The molecule has 2 heterocycles. The van der Waals surface area contributed by atoms with Gasteiger partial charge in [0.15, 0.2) is 5.16 Å². The Morgan fingerprint density at radius 3 is 3.06 bits per heavy atom. The summed E-state index contributed by atoms with van der Waals surface area (Å²) in [5, 5.41) is 4.70. The van der Waals surface area contributed by atoms with E-state index in [-0.39, 0.29) is 12.4 Å². The molecule has 0 aromatic carbocycles. The van der Waals surface area contributed by atoms with Crippen LogP contribution in [0.4, 0.5) is 0 Å². The van der Waals surface area contributed by atoms with Crippen molar-refractivity contribution in [2.24, 2.45) is 5.92 Å². The van der Waals surface area contributed by atoms with Crippen LogP contribution in [-0.4, -0.2) is 28.8 Å². The fraction of sp³-hybridized carbons (Fsp3) is 0.600. The summed E-state index contributed by atoms with van der Waals surface area (Å²) >= 11 is 7.63. The van der Waals surface area contributed by atoms with Gasteiger partial charge in [-0.15, -0.1) is 12.4 Å². The van der Waals surface area contributed by atoms with Crippen molar-refractivity contribution in [1.82, 2.24) is 15.3 Å². The van der Waals surface area contributed by atoms with Gasteiger partial charge in [-0.1, -0.05) is 23.4 Å². The summed E-state index contributed by atoms with van der Waals surface area (Å²) in [5.41, 5.74) is 0.934. The molecule has 1 unspecified atom stereocenters. The van der Waals surface area contributed by atoms with E-state index in [0.717, 1.165) is 35.5 Å². The van der Waals surface area contributed by atoms with Crippen molar-refractivity contribution >= 4 is 35.8 Å². The third-order valence-corrected chi connectivity index (χ3v) is 3.97. The molecule has 0 radical (unpaired) electrons. The maximum absolute atomic E-state index is 5.93. The lowest BCUT2D eigenvalue weighted by atomic mass is 10.2. The van der Waals surface area contributed by atoms with E-state index in [1.54, 1.807) is 18.0 Å². The van der Waals surface area contributed by atoms with Crippen molar-refractivity contribution in [3.05, 3.63) is 16.9 Å². The van der Waals surface area contributed by atoms with Crippen LogP contribution in [0.3, 0.4) is 0 Å². The van der Waals surface area contributed by atoms with E-state index < -0.39 is 0 Å². The number of thioether (sulfide) groups is 1. The fourth-order valence-corrected chi connectivity index (χ4v) is 2.66. The number of halogens is 2. The van der Waals surface area contributed by atoms with Gasteiger partial charge in [0.1, 0.15) is 5.15 Å². The average molecular weight is 280 g/mol. The van der Waals surface area contributed by atoms with E-state index in [1.807, 2.05) is 6.92 Å². The summed E-state index contributed by atoms with van der Waals surface area (Å²) < 4.78 is 0. The molecule has 0 aliphatic carbocycles. The summed E-state index contributed by atoms with van der Waals surface area (Å²) in [6, 6.07) is 0. The zero-order valence-corrected chi connectivity index (χ0v) is 11.5. The normalized spacial score (nSPS) is 19.5. The van der Waals surface area contributed by atoms with E-state index >= 15 is 0 Å². The third kappa shape index (κ3) is 3.77.